The normalized spacial score (nSPS) is 11.0. The average Bonchev–Trinajstić information content (AvgIpc) is 1.65. The van der Waals surface area contributed by atoms with E-state index in [4.69, 9.17) is 11.5 Å². The largest absolute Gasteiger partial charge is 0.380 e. The van der Waals surface area contributed by atoms with E-state index >= 15 is 0 Å². The summed E-state index contributed by atoms with van der Waals surface area (Å²) in [5.41, 5.74) is 0. The number of rotatable bonds is 1. The van der Waals surface area contributed by atoms with Gasteiger partial charge in [0.25, 0.3) is 0 Å². The second-order valence-electron chi connectivity index (χ2n) is 1.09. The average molecular weight is 121 g/mol. The Morgan fingerprint density at radius 1 is 1.86 bits per heavy atom. The van der Waals surface area contributed by atoms with Crippen LogP contribution in [0.5, 0.6) is 0 Å². The summed E-state index contributed by atoms with van der Waals surface area (Å²) < 4.78 is 0. The highest BCUT2D eigenvalue weighted by Crippen LogP contribution is 1.82. The standard InChI is InChI=1S/C5H8O.ClH/c1-3-5(6)4-2;/h1,5-6H,4H2,2H3;1H. The molecule has 0 aromatic rings. The van der Waals surface area contributed by atoms with E-state index in [1.165, 1.54) is 0 Å². The zero-order chi connectivity index (χ0) is 4.99. The zero-order valence-corrected chi connectivity index (χ0v) is 5.03. The number of aliphatic hydroxyl groups is 1. The highest BCUT2D eigenvalue weighted by molar-refractivity contribution is 5.85. The molecule has 0 fully saturated rings. The van der Waals surface area contributed by atoms with Crippen molar-refractivity contribution in [2.24, 2.45) is 0 Å². The Hall–Kier alpha value is -0.190. The molecule has 42 valence electrons. The van der Waals surface area contributed by atoms with Crippen LogP contribution in [0.4, 0.5) is 0 Å². The first-order valence-corrected chi connectivity index (χ1v) is 1.95. The van der Waals surface area contributed by atoms with E-state index in [-0.39, 0.29) is 12.4 Å². The van der Waals surface area contributed by atoms with Gasteiger partial charge in [-0.05, 0) is 6.42 Å². The molecule has 1 nitrogen and oxygen atoms in total. The Bertz CT molecular complexity index is 65.0. The predicted octanol–water partition coefficient (Wildman–Crippen LogP) is 0.812. The number of terminal acetylenes is 1. The molecule has 0 aromatic carbocycles. The van der Waals surface area contributed by atoms with Crippen molar-refractivity contribution in [2.75, 3.05) is 0 Å². The van der Waals surface area contributed by atoms with E-state index in [1.807, 2.05) is 6.92 Å². The number of hydrogen-bond acceptors (Lipinski definition) is 1. The molecule has 0 aliphatic carbocycles. The van der Waals surface area contributed by atoms with Gasteiger partial charge in [-0.25, -0.2) is 0 Å². The maximum absolute atomic E-state index is 8.43. The molecule has 2 heteroatoms. The molecule has 0 aliphatic heterocycles. The van der Waals surface area contributed by atoms with Crippen molar-refractivity contribution < 1.29 is 5.11 Å². The van der Waals surface area contributed by atoms with Crippen molar-refractivity contribution in [3.05, 3.63) is 0 Å². The minimum absolute atomic E-state index is 0. The fourth-order valence-electron chi connectivity index (χ4n) is 0.118. The molecule has 1 atom stereocenters. The topological polar surface area (TPSA) is 20.2 Å². The van der Waals surface area contributed by atoms with E-state index in [1.54, 1.807) is 0 Å². The minimum atomic E-state index is -0.537. The third-order valence-electron chi connectivity index (χ3n) is 0.579. The SMILES string of the molecule is C#CC(O)CC.Cl. The molecule has 0 saturated heterocycles. The summed E-state index contributed by atoms with van der Waals surface area (Å²) in [6.45, 7) is 1.84. The first-order valence-electron chi connectivity index (χ1n) is 1.95. The number of aliphatic hydroxyl groups excluding tert-OH is 1. The highest BCUT2D eigenvalue weighted by Gasteiger charge is 1.86. The molecule has 0 rings (SSSR count). The smallest absolute Gasteiger partial charge is 0.114 e. The van der Waals surface area contributed by atoms with Crippen molar-refractivity contribution in [2.45, 2.75) is 19.4 Å². The number of halogens is 1. The molecular weight excluding hydrogens is 112 g/mol. The Morgan fingerprint density at radius 3 is 2.29 bits per heavy atom. The van der Waals surface area contributed by atoms with Crippen molar-refractivity contribution in [3.63, 3.8) is 0 Å². The fourth-order valence-corrected chi connectivity index (χ4v) is 0.118. The van der Waals surface area contributed by atoms with Gasteiger partial charge in [0.05, 0.1) is 0 Å². The Kier molecular flexibility index (Phi) is 8.25. The van der Waals surface area contributed by atoms with Crippen LogP contribution in [0.1, 0.15) is 13.3 Å². The molecule has 0 spiro atoms. The van der Waals surface area contributed by atoms with Gasteiger partial charge >= 0.3 is 0 Å². The summed E-state index contributed by atoms with van der Waals surface area (Å²) >= 11 is 0. The van der Waals surface area contributed by atoms with Crippen LogP contribution >= 0.6 is 12.4 Å². The molecule has 0 heterocycles. The van der Waals surface area contributed by atoms with Crippen LogP contribution < -0.4 is 0 Å². The van der Waals surface area contributed by atoms with Gasteiger partial charge in [-0.2, -0.15) is 0 Å². The molecule has 0 radical (unpaired) electrons. The van der Waals surface area contributed by atoms with Gasteiger partial charge in [-0.3, -0.25) is 0 Å². The molecule has 0 aromatic heterocycles. The lowest BCUT2D eigenvalue weighted by Gasteiger charge is -1.90. The third kappa shape index (κ3) is 5.81. The lowest BCUT2D eigenvalue weighted by atomic mass is 10.3. The second kappa shape index (κ2) is 5.81. The van der Waals surface area contributed by atoms with Gasteiger partial charge < -0.3 is 5.11 Å². The summed E-state index contributed by atoms with van der Waals surface area (Å²) in [6, 6.07) is 0. The van der Waals surface area contributed by atoms with Crippen LogP contribution in [0.3, 0.4) is 0 Å². The molecule has 0 amide bonds. The summed E-state index contributed by atoms with van der Waals surface area (Å²) in [4.78, 5) is 0. The first kappa shape index (κ1) is 9.94. The van der Waals surface area contributed by atoms with E-state index in [2.05, 4.69) is 5.92 Å². The summed E-state index contributed by atoms with van der Waals surface area (Å²) in [7, 11) is 0. The highest BCUT2D eigenvalue weighted by atomic mass is 35.5. The molecule has 0 bridgehead atoms. The first-order chi connectivity index (χ1) is 2.81. The Morgan fingerprint density at radius 2 is 2.29 bits per heavy atom. The van der Waals surface area contributed by atoms with Crippen LogP contribution in [0, 0.1) is 12.3 Å². The molecular formula is C5H9ClO. The Balaban J connectivity index is 0. The van der Waals surface area contributed by atoms with Crippen LogP contribution in [0.25, 0.3) is 0 Å². The fraction of sp³-hybridized carbons (Fsp3) is 0.600. The lowest BCUT2D eigenvalue weighted by molar-refractivity contribution is 0.228. The quantitative estimate of drug-likeness (QED) is 0.508. The Labute approximate surface area is 50.1 Å². The maximum Gasteiger partial charge on any atom is 0.114 e. The molecule has 1 N–H and O–H groups in total. The van der Waals surface area contributed by atoms with E-state index in [0.29, 0.717) is 6.42 Å². The second-order valence-corrected chi connectivity index (χ2v) is 1.09. The van der Waals surface area contributed by atoms with Crippen molar-refractivity contribution in [1.82, 2.24) is 0 Å². The maximum atomic E-state index is 8.43. The van der Waals surface area contributed by atoms with Gasteiger partial charge in [-0.15, -0.1) is 18.8 Å². The van der Waals surface area contributed by atoms with E-state index in [9.17, 15) is 0 Å². The summed E-state index contributed by atoms with van der Waals surface area (Å²) in [6.07, 6.45) is 4.89. The van der Waals surface area contributed by atoms with E-state index in [0.717, 1.165) is 0 Å². The van der Waals surface area contributed by atoms with Gasteiger partial charge in [-0.1, -0.05) is 12.8 Å². The minimum Gasteiger partial charge on any atom is -0.380 e. The van der Waals surface area contributed by atoms with Crippen LogP contribution in [0.2, 0.25) is 0 Å². The number of hydrogen-bond donors (Lipinski definition) is 1. The van der Waals surface area contributed by atoms with Crippen LogP contribution in [0.15, 0.2) is 0 Å². The summed E-state index contributed by atoms with van der Waals surface area (Å²) in [5.74, 6) is 2.17. The van der Waals surface area contributed by atoms with Gasteiger partial charge in [0.1, 0.15) is 6.10 Å². The zero-order valence-electron chi connectivity index (χ0n) is 4.22. The monoisotopic (exact) mass is 120 g/mol. The van der Waals surface area contributed by atoms with Gasteiger partial charge in [0, 0.05) is 0 Å². The van der Waals surface area contributed by atoms with Crippen molar-refractivity contribution in [3.8, 4) is 12.3 Å². The van der Waals surface area contributed by atoms with Gasteiger partial charge in [0.15, 0.2) is 0 Å². The molecule has 1 unspecified atom stereocenters. The predicted molar refractivity (Wildman–Crippen MR) is 32.4 cm³/mol. The lowest BCUT2D eigenvalue weighted by Crippen LogP contribution is -1.97. The summed E-state index contributed by atoms with van der Waals surface area (Å²) in [5, 5.41) is 8.43. The van der Waals surface area contributed by atoms with Crippen LogP contribution in [-0.4, -0.2) is 11.2 Å². The van der Waals surface area contributed by atoms with Gasteiger partial charge in [0.2, 0.25) is 0 Å². The third-order valence-corrected chi connectivity index (χ3v) is 0.579. The van der Waals surface area contributed by atoms with Crippen LogP contribution in [-0.2, 0) is 0 Å². The molecule has 7 heavy (non-hydrogen) atoms. The molecule has 0 aliphatic rings. The van der Waals surface area contributed by atoms with E-state index < -0.39 is 6.10 Å². The van der Waals surface area contributed by atoms with Crippen molar-refractivity contribution in [1.29, 1.82) is 0 Å². The molecule has 0 saturated carbocycles. The van der Waals surface area contributed by atoms with Crippen molar-refractivity contribution >= 4 is 12.4 Å².